The van der Waals surface area contributed by atoms with Gasteiger partial charge in [-0.3, -0.25) is 0 Å². The molecule has 1 saturated carbocycles. The van der Waals surface area contributed by atoms with Crippen molar-refractivity contribution in [3.8, 4) is 0 Å². The van der Waals surface area contributed by atoms with Crippen molar-refractivity contribution in [2.45, 2.75) is 45.6 Å². The van der Waals surface area contributed by atoms with Crippen LogP contribution in [0.25, 0.3) is 0 Å². The Morgan fingerprint density at radius 1 is 1.25 bits per heavy atom. The number of nitrogens with one attached hydrogen (secondary N) is 1. The molecule has 0 aliphatic heterocycles. The number of benzene rings is 1. The molecule has 5 heteroatoms. The first-order chi connectivity index (χ1) is 11.5. The monoisotopic (exact) mass is 336 g/mol. The zero-order chi connectivity index (χ0) is 17.5. The molecule has 1 aliphatic rings. The van der Waals surface area contributed by atoms with Crippen molar-refractivity contribution in [1.82, 2.24) is 10.2 Å². The number of urea groups is 1. The first-order valence-electron chi connectivity index (χ1n) is 8.92. The zero-order valence-corrected chi connectivity index (χ0v) is 14.7. The van der Waals surface area contributed by atoms with E-state index in [1.807, 2.05) is 13.8 Å². The summed E-state index contributed by atoms with van der Waals surface area (Å²) in [6.45, 7) is 5.58. The van der Waals surface area contributed by atoms with Crippen LogP contribution in [-0.4, -0.2) is 35.7 Å². The molecule has 134 valence electrons. The van der Waals surface area contributed by atoms with Crippen LogP contribution in [-0.2, 0) is 0 Å². The van der Waals surface area contributed by atoms with Crippen LogP contribution in [0, 0.1) is 17.7 Å². The molecule has 0 saturated heterocycles. The van der Waals surface area contributed by atoms with Gasteiger partial charge in [-0.25, -0.2) is 9.18 Å². The molecule has 1 aliphatic carbocycles. The van der Waals surface area contributed by atoms with Crippen molar-refractivity contribution in [3.63, 3.8) is 0 Å². The van der Waals surface area contributed by atoms with Gasteiger partial charge in [0.1, 0.15) is 5.82 Å². The van der Waals surface area contributed by atoms with Crippen molar-refractivity contribution >= 4 is 6.03 Å². The van der Waals surface area contributed by atoms with Crippen molar-refractivity contribution in [2.24, 2.45) is 11.8 Å². The highest BCUT2D eigenvalue weighted by Crippen LogP contribution is 2.24. The first kappa shape index (κ1) is 18.7. The van der Waals surface area contributed by atoms with E-state index in [-0.39, 0.29) is 18.4 Å². The SMILES string of the molecule is CC(C)CN(C[C@@H](O)c1ccc(F)cc1)C(=O)NCC1CCCC1. The van der Waals surface area contributed by atoms with E-state index in [1.165, 1.54) is 37.8 Å². The Balaban J connectivity index is 1.92. The second-order valence-corrected chi connectivity index (χ2v) is 7.20. The maximum Gasteiger partial charge on any atom is 0.317 e. The third-order valence-electron chi connectivity index (χ3n) is 4.54. The van der Waals surface area contributed by atoms with Crippen molar-refractivity contribution in [2.75, 3.05) is 19.6 Å². The summed E-state index contributed by atoms with van der Waals surface area (Å²) < 4.78 is 13.0. The third kappa shape index (κ3) is 5.78. The highest BCUT2D eigenvalue weighted by atomic mass is 19.1. The predicted octanol–water partition coefficient (Wildman–Crippen LogP) is 3.72. The van der Waals surface area contributed by atoms with Gasteiger partial charge in [-0.05, 0) is 42.4 Å². The summed E-state index contributed by atoms with van der Waals surface area (Å²) in [6, 6.07) is 5.64. The van der Waals surface area contributed by atoms with E-state index in [9.17, 15) is 14.3 Å². The van der Waals surface area contributed by atoms with Gasteiger partial charge in [-0.15, -0.1) is 0 Å². The molecule has 1 aromatic carbocycles. The van der Waals surface area contributed by atoms with Crippen LogP contribution in [0.1, 0.15) is 51.2 Å². The Morgan fingerprint density at radius 2 is 1.88 bits per heavy atom. The van der Waals surface area contributed by atoms with E-state index < -0.39 is 6.10 Å². The number of halogens is 1. The minimum atomic E-state index is -0.818. The smallest absolute Gasteiger partial charge is 0.317 e. The summed E-state index contributed by atoms with van der Waals surface area (Å²) in [4.78, 5) is 14.2. The van der Waals surface area contributed by atoms with Gasteiger partial charge in [0.15, 0.2) is 0 Å². The molecule has 2 N–H and O–H groups in total. The normalized spacial score (nSPS) is 16.4. The molecule has 0 radical (unpaired) electrons. The molecule has 0 aromatic heterocycles. The highest BCUT2D eigenvalue weighted by molar-refractivity contribution is 5.74. The van der Waals surface area contributed by atoms with E-state index >= 15 is 0 Å². The minimum Gasteiger partial charge on any atom is -0.387 e. The van der Waals surface area contributed by atoms with Gasteiger partial charge in [0.2, 0.25) is 0 Å². The van der Waals surface area contributed by atoms with Gasteiger partial charge in [0.05, 0.1) is 12.6 Å². The standard InChI is InChI=1S/C19H29FN2O2/c1-14(2)12-22(19(24)21-11-15-5-3-4-6-15)13-18(23)16-7-9-17(20)10-8-16/h7-10,14-15,18,23H,3-6,11-13H2,1-2H3,(H,21,24)/t18-/m1/s1. The lowest BCUT2D eigenvalue weighted by molar-refractivity contribution is 0.115. The number of amides is 2. The number of hydrogen-bond donors (Lipinski definition) is 2. The molecule has 2 amide bonds. The molecule has 1 atom stereocenters. The number of hydrogen-bond acceptors (Lipinski definition) is 2. The summed E-state index contributed by atoms with van der Waals surface area (Å²) in [6.07, 6.45) is 4.05. The Labute approximate surface area is 144 Å². The molecular formula is C19H29FN2O2. The van der Waals surface area contributed by atoms with Crippen LogP contribution in [0.15, 0.2) is 24.3 Å². The number of carbonyl (C=O) groups is 1. The fraction of sp³-hybridized carbons (Fsp3) is 0.632. The molecule has 1 fully saturated rings. The molecule has 24 heavy (non-hydrogen) atoms. The summed E-state index contributed by atoms with van der Waals surface area (Å²) >= 11 is 0. The molecule has 0 unspecified atom stereocenters. The lowest BCUT2D eigenvalue weighted by Gasteiger charge is -2.28. The molecule has 0 heterocycles. The average molecular weight is 336 g/mol. The van der Waals surface area contributed by atoms with Gasteiger partial charge in [-0.2, -0.15) is 0 Å². The van der Waals surface area contributed by atoms with Gasteiger partial charge in [0.25, 0.3) is 0 Å². The second-order valence-electron chi connectivity index (χ2n) is 7.20. The van der Waals surface area contributed by atoms with Crippen LogP contribution in [0.5, 0.6) is 0 Å². The van der Waals surface area contributed by atoms with Crippen LogP contribution in [0.4, 0.5) is 9.18 Å². The maximum absolute atomic E-state index is 13.0. The molecule has 4 nitrogen and oxygen atoms in total. The van der Waals surface area contributed by atoms with E-state index in [0.29, 0.717) is 30.5 Å². The van der Waals surface area contributed by atoms with Gasteiger partial charge < -0.3 is 15.3 Å². The third-order valence-corrected chi connectivity index (χ3v) is 4.54. The molecule has 1 aromatic rings. The van der Waals surface area contributed by atoms with E-state index in [1.54, 1.807) is 17.0 Å². The van der Waals surface area contributed by atoms with Gasteiger partial charge >= 0.3 is 6.03 Å². The predicted molar refractivity (Wildman–Crippen MR) is 93.1 cm³/mol. The topological polar surface area (TPSA) is 52.6 Å². The number of carbonyl (C=O) groups excluding carboxylic acids is 1. The highest BCUT2D eigenvalue weighted by Gasteiger charge is 2.21. The lowest BCUT2D eigenvalue weighted by atomic mass is 10.1. The first-order valence-corrected chi connectivity index (χ1v) is 8.92. The number of rotatable bonds is 7. The van der Waals surface area contributed by atoms with Crippen LogP contribution in [0.3, 0.4) is 0 Å². The van der Waals surface area contributed by atoms with Crippen molar-refractivity contribution < 1.29 is 14.3 Å². The number of aliphatic hydroxyl groups is 1. The number of aliphatic hydroxyl groups excluding tert-OH is 1. The lowest BCUT2D eigenvalue weighted by Crippen LogP contribution is -2.45. The van der Waals surface area contributed by atoms with Gasteiger partial charge in [0, 0.05) is 13.1 Å². The zero-order valence-electron chi connectivity index (χ0n) is 14.7. The Morgan fingerprint density at radius 3 is 2.46 bits per heavy atom. The van der Waals surface area contributed by atoms with Crippen molar-refractivity contribution in [1.29, 1.82) is 0 Å². The molecule has 0 spiro atoms. The molecule has 2 rings (SSSR count). The van der Waals surface area contributed by atoms with Crippen molar-refractivity contribution in [3.05, 3.63) is 35.6 Å². The average Bonchev–Trinajstić information content (AvgIpc) is 3.05. The second kappa shape index (κ2) is 9.02. The fourth-order valence-electron chi connectivity index (χ4n) is 3.24. The van der Waals surface area contributed by atoms with E-state index in [4.69, 9.17) is 0 Å². The maximum atomic E-state index is 13.0. The Kier molecular flexibility index (Phi) is 7.03. The van der Waals surface area contributed by atoms with Crippen LogP contribution < -0.4 is 5.32 Å². The van der Waals surface area contributed by atoms with Crippen LogP contribution in [0.2, 0.25) is 0 Å². The Bertz CT molecular complexity index is 513. The summed E-state index contributed by atoms with van der Waals surface area (Å²) in [5.41, 5.74) is 0.619. The summed E-state index contributed by atoms with van der Waals surface area (Å²) in [5.74, 6) is 0.554. The quantitative estimate of drug-likeness (QED) is 0.797. The molecular weight excluding hydrogens is 307 g/mol. The summed E-state index contributed by atoms with van der Waals surface area (Å²) in [7, 11) is 0. The fourth-order valence-corrected chi connectivity index (χ4v) is 3.24. The summed E-state index contributed by atoms with van der Waals surface area (Å²) in [5, 5.41) is 13.4. The molecule has 0 bridgehead atoms. The largest absolute Gasteiger partial charge is 0.387 e. The minimum absolute atomic E-state index is 0.128. The van der Waals surface area contributed by atoms with Gasteiger partial charge in [-0.1, -0.05) is 38.8 Å². The van der Waals surface area contributed by atoms with Crippen LogP contribution >= 0.6 is 0 Å². The van der Waals surface area contributed by atoms with E-state index in [0.717, 1.165) is 0 Å². The van der Waals surface area contributed by atoms with E-state index in [2.05, 4.69) is 5.32 Å². The number of nitrogens with zero attached hydrogens (tertiary/aromatic N) is 1. The Hall–Kier alpha value is -1.62.